The van der Waals surface area contributed by atoms with Gasteiger partial charge in [0.1, 0.15) is 5.01 Å². The molecule has 1 aliphatic rings. The molecule has 0 bridgehead atoms. The van der Waals surface area contributed by atoms with E-state index in [4.69, 9.17) is 16.6 Å². The maximum Gasteiger partial charge on any atom is 0.125 e. The van der Waals surface area contributed by atoms with E-state index in [1.807, 2.05) is 24.3 Å². The Bertz CT molecular complexity index is 827. The van der Waals surface area contributed by atoms with Crippen LogP contribution >= 0.6 is 22.9 Å². The third-order valence-corrected chi connectivity index (χ3v) is 5.51. The van der Waals surface area contributed by atoms with Crippen LogP contribution in [0.5, 0.6) is 0 Å². The fourth-order valence-electron chi connectivity index (χ4n) is 3.06. The van der Waals surface area contributed by atoms with Crippen LogP contribution in [0.4, 0.5) is 0 Å². The number of benzene rings is 2. The van der Waals surface area contributed by atoms with Gasteiger partial charge in [0.25, 0.3) is 0 Å². The van der Waals surface area contributed by atoms with Crippen LogP contribution in [0.15, 0.2) is 53.9 Å². The fraction of sp³-hybridized carbons (Fsp3) is 0.211. The Kier molecular flexibility index (Phi) is 4.17. The molecule has 23 heavy (non-hydrogen) atoms. The molecule has 0 saturated carbocycles. The smallest absolute Gasteiger partial charge is 0.125 e. The Morgan fingerprint density at radius 1 is 1.04 bits per heavy atom. The fourth-order valence-corrected chi connectivity index (χ4v) is 4.19. The first-order valence-corrected chi connectivity index (χ1v) is 9.04. The molecule has 1 aliphatic heterocycles. The molecule has 0 N–H and O–H groups in total. The molecule has 2 heterocycles. The van der Waals surface area contributed by atoms with Crippen molar-refractivity contribution in [3.8, 4) is 10.6 Å². The van der Waals surface area contributed by atoms with Crippen molar-refractivity contribution in [2.24, 2.45) is 0 Å². The van der Waals surface area contributed by atoms with Crippen LogP contribution in [0.25, 0.3) is 10.6 Å². The van der Waals surface area contributed by atoms with E-state index in [0.29, 0.717) is 0 Å². The zero-order chi connectivity index (χ0) is 15.6. The summed E-state index contributed by atoms with van der Waals surface area (Å²) in [6, 6.07) is 16.6. The summed E-state index contributed by atoms with van der Waals surface area (Å²) in [4.78, 5) is 7.25. The summed E-state index contributed by atoms with van der Waals surface area (Å²) in [6.07, 6.45) is 1.12. The number of nitrogens with zero attached hydrogens (tertiary/aromatic N) is 2. The Labute approximate surface area is 145 Å². The van der Waals surface area contributed by atoms with Crippen LogP contribution in [-0.4, -0.2) is 16.4 Å². The number of fused-ring (bicyclic) bond motifs is 1. The van der Waals surface area contributed by atoms with Gasteiger partial charge in [0.15, 0.2) is 0 Å². The molecule has 1 aromatic heterocycles. The van der Waals surface area contributed by atoms with E-state index in [2.05, 4.69) is 34.5 Å². The van der Waals surface area contributed by atoms with Gasteiger partial charge in [0.2, 0.25) is 0 Å². The third-order valence-electron chi connectivity index (χ3n) is 4.25. The van der Waals surface area contributed by atoms with Gasteiger partial charge in [-0.05, 0) is 23.6 Å². The average molecular weight is 341 g/mol. The highest BCUT2D eigenvalue weighted by atomic mass is 35.5. The Hall–Kier alpha value is -1.68. The molecule has 0 atom stereocenters. The van der Waals surface area contributed by atoms with E-state index in [1.165, 1.54) is 11.1 Å². The Morgan fingerprint density at radius 3 is 2.70 bits per heavy atom. The number of aromatic nitrogens is 1. The molecule has 0 aliphatic carbocycles. The van der Waals surface area contributed by atoms with Crippen LogP contribution in [0.2, 0.25) is 5.02 Å². The molecule has 4 heteroatoms. The summed E-state index contributed by atoms with van der Waals surface area (Å²) in [7, 11) is 0. The molecule has 3 aromatic rings. The molecule has 2 nitrogen and oxygen atoms in total. The van der Waals surface area contributed by atoms with Crippen LogP contribution in [0.1, 0.15) is 16.8 Å². The van der Waals surface area contributed by atoms with Crippen LogP contribution in [0.3, 0.4) is 0 Å². The quantitative estimate of drug-likeness (QED) is 0.665. The van der Waals surface area contributed by atoms with Crippen molar-refractivity contribution in [2.45, 2.75) is 19.5 Å². The zero-order valence-electron chi connectivity index (χ0n) is 12.7. The van der Waals surface area contributed by atoms with Crippen molar-refractivity contribution >= 4 is 22.9 Å². The standard InChI is InChI=1S/C19H17ClN2S/c20-18-8-4-3-7-17(18)19-21-16(13-23-19)12-22-10-9-14-5-1-2-6-15(14)11-22/h1-8,13H,9-12H2. The van der Waals surface area contributed by atoms with Gasteiger partial charge in [-0.3, -0.25) is 4.90 Å². The highest BCUT2D eigenvalue weighted by molar-refractivity contribution is 7.13. The molecule has 0 unspecified atom stereocenters. The topological polar surface area (TPSA) is 16.1 Å². The first-order valence-electron chi connectivity index (χ1n) is 7.78. The molecule has 0 spiro atoms. The summed E-state index contributed by atoms with van der Waals surface area (Å²) in [5.41, 5.74) is 5.08. The van der Waals surface area contributed by atoms with Gasteiger partial charge in [0, 0.05) is 30.6 Å². The van der Waals surface area contributed by atoms with Crippen molar-refractivity contribution in [3.05, 3.63) is 75.8 Å². The lowest BCUT2D eigenvalue weighted by Crippen LogP contribution is -2.30. The van der Waals surface area contributed by atoms with Gasteiger partial charge in [-0.2, -0.15) is 0 Å². The second kappa shape index (κ2) is 6.44. The number of hydrogen-bond donors (Lipinski definition) is 0. The van der Waals surface area contributed by atoms with E-state index in [1.54, 1.807) is 11.3 Å². The molecule has 0 saturated heterocycles. The Morgan fingerprint density at radius 2 is 1.83 bits per heavy atom. The normalized spacial score (nSPS) is 14.7. The highest BCUT2D eigenvalue weighted by Crippen LogP contribution is 2.30. The van der Waals surface area contributed by atoms with Crippen molar-refractivity contribution in [1.29, 1.82) is 0 Å². The molecular formula is C19H17ClN2S. The average Bonchev–Trinajstić information content (AvgIpc) is 3.03. The van der Waals surface area contributed by atoms with Gasteiger partial charge < -0.3 is 0 Å². The van der Waals surface area contributed by atoms with Crippen molar-refractivity contribution < 1.29 is 0 Å². The van der Waals surface area contributed by atoms with Gasteiger partial charge in [-0.15, -0.1) is 11.3 Å². The summed E-state index contributed by atoms with van der Waals surface area (Å²) in [5.74, 6) is 0. The number of thiazole rings is 1. The molecular weight excluding hydrogens is 324 g/mol. The predicted octanol–water partition coefficient (Wildman–Crippen LogP) is 5.02. The highest BCUT2D eigenvalue weighted by Gasteiger charge is 2.17. The SMILES string of the molecule is Clc1ccccc1-c1nc(CN2CCc3ccccc3C2)cs1. The minimum atomic E-state index is 0.764. The number of rotatable bonds is 3. The second-order valence-electron chi connectivity index (χ2n) is 5.85. The van der Waals surface area contributed by atoms with E-state index >= 15 is 0 Å². The maximum atomic E-state index is 6.27. The molecule has 0 fully saturated rings. The summed E-state index contributed by atoms with van der Waals surface area (Å²) < 4.78 is 0. The molecule has 0 radical (unpaired) electrons. The van der Waals surface area contributed by atoms with Gasteiger partial charge in [0.05, 0.1) is 10.7 Å². The molecule has 4 rings (SSSR count). The maximum absolute atomic E-state index is 6.27. The first-order chi connectivity index (χ1) is 11.3. The predicted molar refractivity (Wildman–Crippen MR) is 96.8 cm³/mol. The number of hydrogen-bond acceptors (Lipinski definition) is 3. The van der Waals surface area contributed by atoms with Crippen LogP contribution in [0, 0.1) is 0 Å². The summed E-state index contributed by atoms with van der Waals surface area (Å²) in [5, 5.41) is 3.92. The van der Waals surface area contributed by atoms with Crippen molar-refractivity contribution in [2.75, 3.05) is 6.54 Å². The van der Waals surface area contributed by atoms with Gasteiger partial charge >= 0.3 is 0 Å². The first kappa shape index (κ1) is 14.9. The second-order valence-corrected chi connectivity index (χ2v) is 7.12. The summed E-state index contributed by atoms with van der Waals surface area (Å²) >= 11 is 7.94. The van der Waals surface area contributed by atoms with E-state index in [-0.39, 0.29) is 0 Å². The third kappa shape index (κ3) is 3.18. The van der Waals surface area contributed by atoms with E-state index in [9.17, 15) is 0 Å². The van der Waals surface area contributed by atoms with Crippen molar-refractivity contribution in [1.82, 2.24) is 9.88 Å². The molecule has 0 amide bonds. The largest absolute Gasteiger partial charge is 0.293 e. The Balaban J connectivity index is 1.50. The minimum absolute atomic E-state index is 0.764. The van der Waals surface area contributed by atoms with Crippen LogP contribution in [-0.2, 0) is 19.5 Å². The zero-order valence-corrected chi connectivity index (χ0v) is 14.3. The molecule has 2 aromatic carbocycles. The van der Waals surface area contributed by atoms with E-state index < -0.39 is 0 Å². The molecule has 116 valence electrons. The summed E-state index contributed by atoms with van der Waals surface area (Å²) in [6.45, 7) is 3.00. The lowest BCUT2D eigenvalue weighted by Gasteiger charge is -2.27. The van der Waals surface area contributed by atoms with Crippen molar-refractivity contribution in [3.63, 3.8) is 0 Å². The number of halogens is 1. The lowest BCUT2D eigenvalue weighted by molar-refractivity contribution is 0.243. The monoisotopic (exact) mass is 340 g/mol. The van der Waals surface area contributed by atoms with Gasteiger partial charge in [-0.1, -0.05) is 54.1 Å². The minimum Gasteiger partial charge on any atom is -0.293 e. The van der Waals surface area contributed by atoms with Gasteiger partial charge in [-0.25, -0.2) is 4.98 Å². The lowest BCUT2D eigenvalue weighted by atomic mass is 10.00. The van der Waals surface area contributed by atoms with Crippen LogP contribution < -0.4 is 0 Å². The van der Waals surface area contributed by atoms with E-state index in [0.717, 1.165) is 47.3 Å².